The number of aromatic nitrogens is 3. The van der Waals surface area contributed by atoms with Gasteiger partial charge in [-0.3, -0.25) is 14.8 Å². The molecule has 3 rings (SSSR count). The molecule has 2 N–H and O–H groups in total. The van der Waals surface area contributed by atoms with Crippen molar-refractivity contribution >= 4 is 17.4 Å². The van der Waals surface area contributed by atoms with Crippen LogP contribution in [-0.2, 0) is 6.54 Å². The molecule has 0 fully saturated rings. The molecule has 0 radical (unpaired) electrons. The Bertz CT molecular complexity index is 760. The largest absolute Gasteiger partial charge is 0.366 e. The highest BCUT2D eigenvalue weighted by Gasteiger charge is 2.05. The Morgan fingerprint density at radius 3 is 2.43 bits per heavy atom. The van der Waals surface area contributed by atoms with Crippen LogP contribution in [0.5, 0.6) is 0 Å². The molecule has 3 aromatic heterocycles. The lowest BCUT2D eigenvalue weighted by molar-refractivity contribution is 0.102. The molecular formula is C17H15N5O. The Morgan fingerprint density at radius 1 is 0.957 bits per heavy atom. The van der Waals surface area contributed by atoms with Gasteiger partial charge in [0.05, 0.1) is 17.4 Å². The van der Waals surface area contributed by atoms with Crippen molar-refractivity contribution in [1.29, 1.82) is 0 Å². The normalized spacial score (nSPS) is 10.1. The second-order valence-electron chi connectivity index (χ2n) is 4.84. The standard InChI is InChI=1S/C17H15N5O/c23-17(14-4-2-8-19-11-14)22-15-5-6-16(21-12-15)20-10-13-3-1-7-18-9-13/h1-9,11-12H,10H2,(H,20,21)(H,22,23). The van der Waals surface area contributed by atoms with Crippen molar-refractivity contribution in [3.05, 3.63) is 78.5 Å². The van der Waals surface area contributed by atoms with Crippen LogP contribution in [0.25, 0.3) is 0 Å². The van der Waals surface area contributed by atoms with Gasteiger partial charge in [-0.25, -0.2) is 4.98 Å². The molecule has 23 heavy (non-hydrogen) atoms. The molecule has 0 aliphatic carbocycles. The molecule has 6 nitrogen and oxygen atoms in total. The van der Waals surface area contributed by atoms with E-state index in [4.69, 9.17) is 0 Å². The molecule has 0 unspecified atom stereocenters. The second-order valence-corrected chi connectivity index (χ2v) is 4.84. The van der Waals surface area contributed by atoms with Gasteiger partial charge in [0.15, 0.2) is 0 Å². The molecule has 0 saturated heterocycles. The maximum atomic E-state index is 12.0. The predicted octanol–water partition coefficient (Wildman–Crippen LogP) is 2.74. The summed E-state index contributed by atoms with van der Waals surface area (Å²) in [4.78, 5) is 24.3. The highest BCUT2D eigenvalue weighted by molar-refractivity contribution is 6.03. The van der Waals surface area contributed by atoms with E-state index in [9.17, 15) is 4.79 Å². The van der Waals surface area contributed by atoms with Gasteiger partial charge in [-0.1, -0.05) is 6.07 Å². The van der Waals surface area contributed by atoms with E-state index in [1.807, 2.05) is 18.2 Å². The molecule has 0 saturated carbocycles. The molecule has 0 bridgehead atoms. The zero-order chi connectivity index (χ0) is 15.9. The topological polar surface area (TPSA) is 79.8 Å². The quantitative estimate of drug-likeness (QED) is 0.757. The number of hydrogen-bond acceptors (Lipinski definition) is 5. The fourth-order valence-corrected chi connectivity index (χ4v) is 1.97. The Hall–Kier alpha value is -3.28. The van der Waals surface area contributed by atoms with Gasteiger partial charge in [-0.05, 0) is 35.9 Å². The van der Waals surface area contributed by atoms with Crippen LogP contribution >= 0.6 is 0 Å². The minimum atomic E-state index is -0.212. The number of nitrogens with one attached hydrogen (secondary N) is 2. The van der Waals surface area contributed by atoms with E-state index < -0.39 is 0 Å². The number of carbonyl (C=O) groups excluding carboxylic acids is 1. The van der Waals surface area contributed by atoms with Crippen LogP contribution < -0.4 is 10.6 Å². The maximum Gasteiger partial charge on any atom is 0.257 e. The maximum absolute atomic E-state index is 12.0. The summed E-state index contributed by atoms with van der Waals surface area (Å²) in [5.41, 5.74) is 2.21. The summed E-state index contributed by atoms with van der Waals surface area (Å²) >= 11 is 0. The Kier molecular flexibility index (Phi) is 4.54. The van der Waals surface area contributed by atoms with E-state index in [2.05, 4.69) is 25.6 Å². The van der Waals surface area contributed by atoms with Crippen LogP contribution in [0.2, 0.25) is 0 Å². The van der Waals surface area contributed by atoms with E-state index in [1.165, 1.54) is 6.20 Å². The first-order valence-electron chi connectivity index (χ1n) is 7.11. The number of nitrogens with zero attached hydrogens (tertiary/aromatic N) is 3. The SMILES string of the molecule is O=C(Nc1ccc(NCc2cccnc2)nc1)c1cccnc1. The lowest BCUT2D eigenvalue weighted by atomic mass is 10.2. The number of carbonyl (C=O) groups is 1. The van der Waals surface area contributed by atoms with Crippen LogP contribution in [0.3, 0.4) is 0 Å². The van der Waals surface area contributed by atoms with Gasteiger partial charge in [0.25, 0.3) is 5.91 Å². The lowest BCUT2D eigenvalue weighted by Crippen LogP contribution is -2.12. The van der Waals surface area contributed by atoms with E-state index >= 15 is 0 Å². The minimum Gasteiger partial charge on any atom is -0.366 e. The van der Waals surface area contributed by atoms with Gasteiger partial charge >= 0.3 is 0 Å². The van der Waals surface area contributed by atoms with E-state index in [1.54, 1.807) is 43.0 Å². The van der Waals surface area contributed by atoms with Gasteiger partial charge in [-0.2, -0.15) is 0 Å². The lowest BCUT2D eigenvalue weighted by Gasteiger charge is -2.07. The van der Waals surface area contributed by atoms with Gasteiger partial charge < -0.3 is 10.6 Å². The van der Waals surface area contributed by atoms with Gasteiger partial charge in [0.2, 0.25) is 0 Å². The highest BCUT2D eigenvalue weighted by Crippen LogP contribution is 2.12. The van der Waals surface area contributed by atoms with Crippen molar-refractivity contribution in [1.82, 2.24) is 15.0 Å². The molecule has 0 spiro atoms. The van der Waals surface area contributed by atoms with Gasteiger partial charge in [0, 0.05) is 31.3 Å². The van der Waals surface area contributed by atoms with Crippen molar-refractivity contribution < 1.29 is 4.79 Å². The summed E-state index contributed by atoms with van der Waals surface area (Å²) in [5, 5.41) is 5.98. The number of hydrogen-bond donors (Lipinski definition) is 2. The summed E-state index contributed by atoms with van der Waals surface area (Å²) in [6, 6.07) is 10.9. The molecule has 0 aliphatic rings. The monoisotopic (exact) mass is 305 g/mol. The second kappa shape index (κ2) is 7.13. The number of amides is 1. The van der Waals surface area contributed by atoms with E-state index in [-0.39, 0.29) is 5.91 Å². The molecule has 0 aliphatic heterocycles. The summed E-state index contributed by atoms with van der Waals surface area (Å²) in [6.45, 7) is 0.641. The molecule has 114 valence electrons. The zero-order valence-electron chi connectivity index (χ0n) is 12.3. The van der Waals surface area contributed by atoms with Crippen molar-refractivity contribution in [2.45, 2.75) is 6.54 Å². The summed E-state index contributed by atoms with van der Waals surface area (Å²) in [5.74, 6) is 0.518. The van der Waals surface area contributed by atoms with E-state index in [0.717, 1.165) is 11.4 Å². The Labute approximate surface area is 133 Å². The molecule has 3 heterocycles. The molecule has 0 atom stereocenters. The third-order valence-electron chi connectivity index (χ3n) is 3.14. The first kappa shape index (κ1) is 14.6. The van der Waals surface area contributed by atoms with Crippen LogP contribution in [0.4, 0.5) is 11.5 Å². The average Bonchev–Trinajstić information content (AvgIpc) is 2.63. The van der Waals surface area contributed by atoms with Crippen LogP contribution in [0, 0.1) is 0 Å². The summed E-state index contributed by atoms with van der Waals surface area (Å²) in [6.07, 6.45) is 8.30. The summed E-state index contributed by atoms with van der Waals surface area (Å²) in [7, 11) is 0. The van der Waals surface area contributed by atoms with Crippen LogP contribution in [0.15, 0.2) is 67.4 Å². The fraction of sp³-hybridized carbons (Fsp3) is 0.0588. The predicted molar refractivity (Wildman–Crippen MR) is 88.0 cm³/mol. The minimum absolute atomic E-state index is 0.212. The Balaban J connectivity index is 1.58. The smallest absolute Gasteiger partial charge is 0.257 e. The van der Waals surface area contributed by atoms with Crippen LogP contribution in [-0.4, -0.2) is 20.9 Å². The molecule has 1 amide bonds. The van der Waals surface area contributed by atoms with Gasteiger partial charge in [-0.15, -0.1) is 0 Å². The zero-order valence-corrected chi connectivity index (χ0v) is 12.3. The third kappa shape index (κ3) is 4.10. The molecule has 6 heteroatoms. The highest BCUT2D eigenvalue weighted by atomic mass is 16.1. The van der Waals surface area contributed by atoms with E-state index in [0.29, 0.717) is 17.8 Å². The molecular weight excluding hydrogens is 290 g/mol. The Morgan fingerprint density at radius 2 is 1.78 bits per heavy atom. The fourth-order valence-electron chi connectivity index (χ4n) is 1.97. The van der Waals surface area contributed by atoms with Crippen molar-refractivity contribution in [3.63, 3.8) is 0 Å². The van der Waals surface area contributed by atoms with Crippen molar-refractivity contribution in [2.24, 2.45) is 0 Å². The number of anilines is 2. The summed E-state index contributed by atoms with van der Waals surface area (Å²) < 4.78 is 0. The van der Waals surface area contributed by atoms with Crippen molar-refractivity contribution in [2.75, 3.05) is 10.6 Å². The van der Waals surface area contributed by atoms with Gasteiger partial charge in [0.1, 0.15) is 5.82 Å². The number of rotatable bonds is 5. The van der Waals surface area contributed by atoms with Crippen molar-refractivity contribution in [3.8, 4) is 0 Å². The molecule has 0 aromatic carbocycles. The third-order valence-corrected chi connectivity index (χ3v) is 3.14. The first-order chi connectivity index (χ1) is 11.3. The number of pyridine rings is 3. The average molecular weight is 305 g/mol. The van der Waals surface area contributed by atoms with Crippen LogP contribution in [0.1, 0.15) is 15.9 Å². The first-order valence-corrected chi connectivity index (χ1v) is 7.11. The molecule has 3 aromatic rings.